The molecule has 2 rings (SSSR count). The lowest BCUT2D eigenvalue weighted by molar-refractivity contribution is 0.222. The van der Waals surface area contributed by atoms with Crippen LogP contribution in [0.25, 0.3) is 0 Å². The van der Waals surface area contributed by atoms with Crippen molar-refractivity contribution >= 4 is 11.7 Å². The molecule has 0 heterocycles. The SMILES string of the molecule is Cc1cccc(N(CCN(C)Cc2ccccc2)C(=O)N(C)C)c1. The van der Waals surface area contributed by atoms with Crippen molar-refractivity contribution in [2.75, 3.05) is 39.1 Å². The fourth-order valence-electron chi connectivity index (χ4n) is 2.62. The molecule has 0 spiro atoms. The summed E-state index contributed by atoms with van der Waals surface area (Å²) in [6.07, 6.45) is 0. The Morgan fingerprint density at radius 3 is 2.25 bits per heavy atom. The molecular weight excluding hydrogens is 298 g/mol. The average molecular weight is 325 g/mol. The van der Waals surface area contributed by atoms with Gasteiger partial charge in [-0.1, -0.05) is 42.5 Å². The number of carbonyl (C=O) groups excluding carboxylic acids is 1. The van der Waals surface area contributed by atoms with Gasteiger partial charge in [-0.05, 0) is 37.2 Å². The Morgan fingerprint density at radius 1 is 0.917 bits per heavy atom. The van der Waals surface area contributed by atoms with E-state index in [1.807, 2.05) is 36.1 Å². The lowest BCUT2D eigenvalue weighted by atomic mass is 10.2. The molecule has 128 valence electrons. The van der Waals surface area contributed by atoms with Gasteiger partial charge in [-0.2, -0.15) is 0 Å². The molecule has 0 aromatic heterocycles. The Labute approximate surface area is 145 Å². The van der Waals surface area contributed by atoms with E-state index in [2.05, 4.69) is 42.3 Å². The first kappa shape index (κ1) is 18.0. The largest absolute Gasteiger partial charge is 0.330 e. The predicted octanol–water partition coefficient (Wildman–Crippen LogP) is 3.62. The van der Waals surface area contributed by atoms with Gasteiger partial charge in [0.15, 0.2) is 0 Å². The lowest BCUT2D eigenvalue weighted by Crippen LogP contribution is -2.43. The third-order valence-corrected chi connectivity index (χ3v) is 3.93. The standard InChI is InChI=1S/C20H27N3O/c1-17-9-8-12-19(15-17)23(20(24)21(2)3)14-13-22(4)16-18-10-6-5-7-11-18/h5-12,15H,13-14,16H2,1-4H3. The molecule has 0 radical (unpaired) electrons. The molecule has 0 aliphatic rings. The summed E-state index contributed by atoms with van der Waals surface area (Å²) in [5, 5.41) is 0. The Morgan fingerprint density at radius 2 is 1.62 bits per heavy atom. The maximum Gasteiger partial charge on any atom is 0.323 e. The van der Waals surface area contributed by atoms with Crippen LogP contribution in [0.3, 0.4) is 0 Å². The summed E-state index contributed by atoms with van der Waals surface area (Å²) in [5.41, 5.74) is 3.38. The number of hydrogen-bond acceptors (Lipinski definition) is 2. The maximum atomic E-state index is 12.6. The molecule has 0 fully saturated rings. The Hall–Kier alpha value is -2.33. The predicted molar refractivity (Wildman–Crippen MR) is 100 cm³/mol. The normalized spacial score (nSPS) is 10.7. The van der Waals surface area contributed by atoms with Crippen LogP contribution in [0.1, 0.15) is 11.1 Å². The van der Waals surface area contributed by atoms with Gasteiger partial charge in [-0.15, -0.1) is 0 Å². The van der Waals surface area contributed by atoms with Crippen molar-refractivity contribution in [1.82, 2.24) is 9.80 Å². The molecule has 4 heteroatoms. The van der Waals surface area contributed by atoms with E-state index in [1.54, 1.807) is 19.0 Å². The van der Waals surface area contributed by atoms with E-state index in [9.17, 15) is 4.79 Å². The van der Waals surface area contributed by atoms with Gasteiger partial charge in [0.25, 0.3) is 0 Å². The number of anilines is 1. The fourth-order valence-corrected chi connectivity index (χ4v) is 2.62. The minimum atomic E-state index is 0.00807. The van der Waals surface area contributed by atoms with E-state index in [-0.39, 0.29) is 6.03 Å². The van der Waals surface area contributed by atoms with Crippen molar-refractivity contribution in [2.24, 2.45) is 0 Å². The van der Waals surface area contributed by atoms with Gasteiger partial charge >= 0.3 is 6.03 Å². The van der Waals surface area contributed by atoms with E-state index in [0.29, 0.717) is 6.54 Å². The highest BCUT2D eigenvalue weighted by atomic mass is 16.2. The quantitative estimate of drug-likeness (QED) is 0.811. The van der Waals surface area contributed by atoms with Crippen molar-refractivity contribution in [3.05, 3.63) is 65.7 Å². The summed E-state index contributed by atoms with van der Waals surface area (Å²) in [5.74, 6) is 0. The molecule has 0 bridgehead atoms. The number of hydrogen-bond donors (Lipinski definition) is 0. The van der Waals surface area contributed by atoms with Crippen LogP contribution in [0.2, 0.25) is 0 Å². The molecule has 2 aromatic carbocycles. The Kier molecular flexibility index (Phi) is 6.38. The van der Waals surface area contributed by atoms with Crippen molar-refractivity contribution in [3.8, 4) is 0 Å². The van der Waals surface area contributed by atoms with Crippen LogP contribution in [-0.2, 0) is 6.54 Å². The van der Waals surface area contributed by atoms with Gasteiger partial charge in [0.05, 0.1) is 0 Å². The molecule has 0 saturated heterocycles. The van der Waals surface area contributed by atoms with Crippen LogP contribution in [0.5, 0.6) is 0 Å². The van der Waals surface area contributed by atoms with Crippen LogP contribution in [0.4, 0.5) is 10.5 Å². The number of urea groups is 1. The summed E-state index contributed by atoms with van der Waals surface area (Å²) in [6, 6.07) is 18.5. The monoisotopic (exact) mass is 325 g/mol. The van der Waals surface area contributed by atoms with E-state index in [0.717, 1.165) is 24.3 Å². The minimum Gasteiger partial charge on any atom is -0.330 e. The highest BCUT2D eigenvalue weighted by molar-refractivity contribution is 5.91. The molecule has 4 nitrogen and oxygen atoms in total. The van der Waals surface area contributed by atoms with E-state index in [1.165, 1.54) is 5.56 Å². The number of carbonyl (C=O) groups is 1. The Balaban J connectivity index is 2.04. The van der Waals surface area contributed by atoms with Crippen molar-refractivity contribution < 1.29 is 4.79 Å². The van der Waals surface area contributed by atoms with Gasteiger partial charge < -0.3 is 9.80 Å². The first-order valence-electron chi connectivity index (χ1n) is 8.25. The summed E-state index contributed by atoms with van der Waals surface area (Å²) in [7, 11) is 5.67. The zero-order valence-corrected chi connectivity index (χ0v) is 15.1. The van der Waals surface area contributed by atoms with Crippen LogP contribution < -0.4 is 4.90 Å². The molecule has 2 aromatic rings. The molecule has 2 amide bonds. The van der Waals surface area contributed by atoms with Crippen LogP contribution in [0.15, 0.2) is 54.6 Å². The molecule has 0 atom stereocenters. The van der Waals surface area contributed by atoms with E-state index in [4.69, 9.17) is 0 Å². The maximum absolute atomic E-state index is 12.6. The van der Waals surface area contributed by atoms with Gasteiger partial charge in [0.1, 0.15) is 0 Å². The second-order valence-electron chi connectivity index (χ2n) is 6.39. The van der Waals surface area contributed by atoms with Crippen molar-refractivity contribution in [1.29, 1.82) is 0 Å². The number of aryl methyl sites for hydroxylation is 1. The molecular formula is C20H27N3O. The molecule has 0 aliphatic carbocycles. The van der Waals surface area contributed by atoms with Crippen molar-refractivity contribution in [2.45, 2.75) is 13.5 Å². The first-order chi connectivity index (χ1) is 11.5. The third kappa shape index (κ3) is 5.10. The number of benzene rings is 2. The second kappa shape index (κ2) is 8.50. The van der Waals surface area contributed by atoms with Gasteiger partial charge in [0.2, 0.25) is 0 Å². The summed E-state index contributed by atoms with van der Waals surface area (Å²) >= 11 is 0. The van der Waals surface area contributed by atoms with Crippen LogP contribution >= 0.6 is 0 Å². The molecule has 0 aliphatic heterocycles. The smallest absolute Gasteiger partial charge is 0.323 e. The third-order valence-electron chi connectivity index (χ3n) is 3.93. The second-order valence-corrected chi connectivity index (χ2v) is 6.39. The highest BCUT2D eigenvalue weighted by Crippen LogP contribution is 2.17. The van der Waals surface area contributed by atoms with Crippen LogP contribution in [0, 0.1) is 6.92 Å². The lowest BCUT2D eigenvalue weighted by Gasteiger charge is -2.28. The minimum absolute atomic E-state index is 0.00807. The molecule has 0 N–H and O–H groups in total. The summed E-state index contributed by atoms with van der Waals surface area (Å²) in [4.78, 5) is 18.3. The number of likely N-dealkylation sites (N-methyl/N-ethyl adjacent to an activating group) is 1. The fraction of sp³-hybridized carbons (Fsp3) is 0.350. The number of nitrogens with zero attached hydrogens (tertiary/aromatic N) is 3. The zero-order chi connectivity index (χ0) is 17.5. The summed E-state index contributed by atoms with van der Waals surface area (Å²) in [6.45, 7) is 4.38. The van der Waals surface area contributed by atoms with E-state index < -0.39 is 0 Å². The van der Waals surface area contributed by atoms with Gasteiger partial charge in [0, 0.05) is 39.4 Å². The van der Waals surface area contributed by atoms with Gasteiger partial charge in [-0.3, -0.25) is 4.90 Å². The summed E-state index contributed by atoms with van der Waals surface area (Å²) < 4.78 is 0. The molecule has 0 saturated carbocycles. The Bertz CT molecular complexity index is 655. The number of rotatable bonds is 6. The number of amides is 2. The first-order valence-corrected chi connectivity index (χ1v) is 8.25. The van der Waals surface area contributed by atoms with Crippen LogP contribution in [-0.4, -0.2) is 50.1 Å². The van der Waals surface area contributed by atoms with E-state index >= 15 is 0 Å². The molecule has 24 heavy (non-hydrogen) atoms. The highest BCUT2D eigenvalue weighted by Gasteiger charge is 2.18. The van der Waals surface area contributed by atoms with Crippen molar-refractivity contribution in [3.63, 3.8) is 0 Å². The zero-order valence-electron chi connectivity index (χ0n) is 15.1. The topological polar surface area (TPSA) is 26.8 Å². The van der Waals surface area contributed by atoms with Gasteiger partial charge in [-0.25, -0.2) is 4.79 Å². The molecule has 0 unspecified atom stereocenters. The average Bonchev–Trinajstić information content (AvgIpc) is 2.55.